The third-order valence-electron chi connectivity index (χ3n) is 2.63. The van der Waals surface area contributed by atoms with Gasteiger partial charge >= 0.3 is 0 Å². The van der Waals surface area contributed by atoms with Crippen LogP contribution in [0, 0.1) is 12.7 Å². The van der Waals surface area contributed by atoms with Gasteiger partial charge in [0.05, 0.1) is 6.54 Å². The van der Waals surface area contributed by atoms with Crippen LogP contribution in [-0.4, -0.2) is 25.7 Å². The van der Waals surface area contributed by atoms with Crippen LogP contribution in [0.4, 0.5) is 4.39 Å². The minimum absolute atomic E-state index is 0. The summed E-state index contributed by atoms with van der Waals surface area (Å²) in [4.78, 5) is 4.20. The molecular weight excluding hydrogens is 372 g/mol. The molecule has 4 nitrogen and oxygen atoms in total. The second kappa shape index (κ2) is 10.8. The van der Waals surface area contributed by atoms with Gasteiger partial charge in [-0.15, -0.1) is 24.0 Å². The highest BCUT2D eigenvalue weighted by Crippen LogP contribution is 2.09. The van der Waals surface area contributed by atoms with Crippen molar-refractivity contribution in [3.63, 3.8) is 0 Å². The molecular formula is C14H23FIN3O. The Morgan fingerprint density at radius 3 is 2.85 bits per heavy atom. The van der Waals surface area contributed by atoms with E-state index >= 15 is 0 Å². The number of guanidine groups is 1. The molecule has 6 heteroatoms. The first-order valence-corrected chi connectivity index (χ1v) is 6.50. The fourth-order valence-electron chi connectivity index (χ4n) is 1.57. The molecule has 114 valence electrons. The van der Waals surface area contributed by atoms with E-state index in [1.807, 2.05) is 6.92 Å². The van der Waals surface area contributed by atoms with Gasteiger partial charge in [-0.2, -0.15) is 0 Å². The number of nitrogens with two attached hydrogens (primary N) is 1. The largest absolute Gasteiger partial charge is 0.382 e. The molecule has 1 aromatic carbocycles. The molecule has 0 aromatic heterocycles. The van der Waals surface area contributed by atoms with E-state index in [0.29, 0.717) is 24.7 Å². The molecule has 20 heavy (non-hydrogen) atoms. The van der Waals surface area contributed by atoms with Crippen molar-refractivity contribution in [1.82, 2.24) is 5.32 Å². The molecule has 0 atom stereocenters. The predicted molar refractivity (Wildman–Crippen MR) is 91.0 cm³/mol. The number of aryl methyl sites for hydroxylation is 1. The third-order valence-corrected chi connectivity index (χ3v) is 2.63. The molecule has 0 bridgehead atoms. The summed E-state index contributed by atoms with van der Waals surface area (Å²) in [5.41, 5.74) is 7.29. The van der Waals surface area contributed by atoms with Gasteiger partial charge in [0.1, 0.15) is 5.82 Å². The van der Waals surface area contributed by atoms with Crippen LogP contribution < -0.4 is 11.1 Å². The van der Waals surface area contributed by atoms with E-state index in [4.69, 9.17) is 10.5 Å². The highest BCUT2D eigenvalue weighted by atomic mass is 127. The molecule has 0 saturated carbocycles. The van der Waals surface area contributed by atoms with Crippen LogP contribution in [0.5, 0.6) is 0 Å². The minimum Gasteiger partial charge on any atom is -0.382 e. The summed E-state index contributed by atoms with van der Waals surface area (Å²) in [7, 11) is 0. The fraction of sp³-hybridized carbons (Fsp3) is 0.500. The van der Waals surface area contributed by atoms with Crippen LogP contribution >= 0.6 is 24.0 Å². The van der Waals surface area contributed by atoms with E-state index in [1.165, 1.54) is 6.07 Å². The second-order valence-corrected chi connectivity index (χ2v) is 4.26. The topological polar surface area (TPSA) is 59.6 Å². The Kier molecular flexibility index (Phi) is 10.4. The number of halogens is 2. The normalized spacial score (nSPS) is 11.1. The number of benzene rings is 1. The number of nitrogens with zero attached hydrogens (tertiary/aromatic N) is 1. The first kappa shape index (κ1) is 19.1. The number of hydrogen-bond donors (Lipinski definition) is 2. The van der Waals surface area contributed by atoms with Crippen molar-refractivity contribution in [3.8, 4) is 0 Å². The molecule has 0 fully saturated rings. The van der Waals surface area contributed by atoms with E-state index in [0.717, 1.165) is 25.1 Å². The van der Waals surface area contributed by atoms with Crippen LogP contribution in [0.3, 0.4) is 0 Å². The number of ether oxygens (including phenoxy) is 1. The molecule has 0 aliphatic heterocycles. The van der Waals surface area contributed by atoms with Crippen LogP contribution in [0.25, 0.3) is 0 Å². The lowest BCUT2D eigenvalue weighted by atomic mass is 10.1. The van der Waals surface area contributed by atoms with Gasteiger partial charge in [-0.1, -0.05) is 12.1 Å². The van der Waals surface area contributed by atoms with Gasteiger partial charge in [0.2, 0.25) is 0 Å². The van der Waals surface area contributed by atoms with Gasteiger partial charge in [0.25, 0.3) is 0 Å². The molecule has 0 saturated heterocycles. The van der Waals surface area contributed by atoms with Crippen molar-refractivity contribution < 1.29 is 9.13 Å². The summed E-state index contributed by atoms with van der Waals surface area (Å²) >= 11 is 0. The van der Waals surface area contributed by atoms with Crippen LogP contribution in [-0.2, 0) is 11.3 Å². The van der Waals surface area contributed by atoms with Crippen LogP contribution in [0.2, 0.25) is 0 Å². The molecule has 0 radical (unpaired) electrons. The maximum absolute atomic E-state index is 13.1. The highest BCUT2D eigenvalue weighted by Gasteiger charge is 1.98. The van der Waals surface area contributed by atoms with Gasteiger partial charge in [0.15, 0.2) is 5.96 Å². The maximum atomic E-state index is 13.1. The molecule has 0 amide bonds. The number of aliphatic imine (C=N–C) groups is 1. The van der Waals surface area contributed by atoms with Crippen molar-refractivity contribution in [2.45, 2.75) is 26.8 Å². The zero-order valence-corrected chi connectivity index (χ0v) is 14.3. The Hall–Kier alpha value is -0.890. The monoisotopic (exact) mass is 395 g/mol. The van der Waals surface area contributed by atoms with Crippen molar-refractivity contribution >= 4 is 29.9 Å². The zero-order chi connectivity index (χ0) is 14.1. The lowest BCUT2D eigenvalue weighted by molar-refractivity contribution is 0.145. The number of hydrogen-bond acceptors (Lipinski definition) is 2. The van der Waals surface area contributed by atoms with E-state index in [1.54, 1.807) is 19.1 Å². The SMILES string of the molecule is CCOCCCNC(N)=NCc1ccc(F)c(C)c1.I. The molecule has 1 rings (SSSR count). The summed E-state index contributed by atoms with van der Waals surface area (Å²) in [6, 6.07) is 4.95. The van der Waals surface area contributed by atoms with Crippen molar-refractivity contribution in [2.75, 3.05) is 19.8 Å². The maximum Gasteiger partial charge on any atom is 0.188 e. The molecule has 0 heterocycles. The average Bonchev–Trinajstić information content (AvgIpc) is 2.40. The molecule has 3 N–H and O–H groups in total. The van der Waals surface area contributed by atoms with Gasteiger partial charge in [0, 0.05) is 19.8 Å². The van der Waals surface area contributed by atoms with E-state index in [9.17, 15) is 4.39 Å². The first-order valence-electron chi connectivity index (χ1n) is 6.50. The molecule has 1 aromatic rings. The van der Waals surface area contributed by atoms with Crippen molar-refractivity contribution in [2.24, 2.45) is 10.7 Å². The molecule has 0 spiro atoms. The van der Waals surface area contributed by atoms with Crippen molar-refractivity contribution in [3.05, 3.63) is 35.1 Å². The Labute approximate surface area is 137 Å². The fourth-order valence-corrected chi connectivity index (χ4v) is 1.57. The van der Waals surface area contributed by atoms with Gasteiger partial charge in [-0.05, 0) is 37.5 Å². The van der Waals surface area contributed by atoms with E-state index < -0.39 is 0 Å². The summed E-state index contributed by atoms with van der Waals surface area (Å²) in [6.45, 7) is 6.33. The number of nitrogens with one attached hydrogen (secondary N) is 1. The van der Waals surface area contributed by atoms with Crippen LogP contribution in [0.15, 0.2) is 23.2 Å². The van der Waals surface area contributed by atoms with Crippen LogP contribution in [0.1, 0.15) is 24.5 Å². The lowest BCUT2D eigenvalue weighted by Gasteiger charge is -2.06. The molecule has 0 aliphatic carbocycles. The Bertz CT molecular complexity index is 427. The van der Waals surface area contributed by atoms with Gasteiger partial charge in [-0.25, -0.2) is 9.38 Å². The van der Waals surface area contributed by atoms with Crippen molar-refractivity contribution in [1.29, 1.82) is 0 Å². The Morgan fingerprint density at radius 2 is 2.20 bits per heavy atom. The standard InChI is InChI=1S/C14H22FN3O.HI/c1-3-19-8-4-7-17-14(16)18-10-12-5-6-13(15)11(2)9-12;/h5-6,9H,3-4,7-8,10H2,1-2H3,(H3,16,17,18);1H. The van der Waals surface area contributed by atoms with E-state index in [2.05, 4.69) is 10.3 Å². The van der Waals surface area contributed by atoms with Gasteiger partial charge < -0.3 is 15.8 Å². The smallest absolute Gasteiger partial charge is 0.188 e. The average molecular weight is 395 g/mol. The molecule has 0 aliphatic rings. The summed E-state index contributed by atoms with van der Waals surface area (Å²) < 4.78 is 18.3. The highest BCUT2D eigenvalue weighted by molar-refractivity contribution is 14.0. The molecule has 0 unspecified atom stereocenters. The third kappa shape index (κ3) is 7.64. The second-order valence-electron chi connectivity index (χ2n) is 4.26. The quantitative estimate of drug-likeness (QED) is 0.323. The van der Waals surface area contributed by atoms with Gasteiger partial charge in [-0.3, -0.25) is 0 Å². The summed E-state index contributed by atoms with van der Waals surface area (Å²) in [5, 5.41) is 3.01. The first-order chi connectivity index (χ1) is 9.13. The van der Waals surface area contributed by atoms with E-state index in [-0.39, 0.29) is 29.8 Å². The Morgan fingerprint density at radius 1 is 1.45 bits per heavy atom. The minimum atomic E-state index is -0.199. The summed E-state index contributed by atoms with van der Waals surface area (Å²) in [6.07, 6.45) is 0.889. The Balaban J connectivity index is 0.00000361. The lowest BCUT2D eigenvalue weighted by Crippen LogP contribution is -2.32. The summed E-state index contributed by atoms with van der Waals surface area (Å²) in [5.74, 6) is 0.202. The zero-order valence-electron chi connectivity index (χ0n) is 12.0. The number of rotatable bonds is 7. The predicted octanol–water partition coefficient (Wildman–Crippen LogP) is 2.58.